The predicted molar refractivity (Wildman–Crippen MR) is 72.1 cm³/mol. The molecular formula is C11H9BrN4O3. The number of hydrogen-bond donors (Lipinski definition) is 1. The van der Waals surface area contributed by atoms with E-state index in [1.165, 1.54) is 0 Å². The van der Waals surface area contributed by atoms with Crippen molar-refractivity contribution in [2.24, 2.45) is 0 Å². The van der Waals surface area contributed by atoms with Crippen molar-refractivity contribution in [3.8, 4) is 11.6 Å². The molecule has 0 spiro atoms. The van der Waals surface area contributed by atoms with E-state index in [-0.39, 0.29) is 17.5 Å². The summed E-state index contributed by atoms with van der Waals surface area (Å²) < 4.78 is 6.31. The lowest BCUT2D eigenvalue weighted by molar-refractivity contribution is -0.386. The van der Waals surface area contributed by atoms with Gasteiger partial charge in [-0.2, -0.15) is 4.98 Å². The molecule has 0 amide bonds. The highest BCUT2D eigenvalue weighted by atomic mass is 79.9. The van der Waals surface area contributed by atoms with E-state index in [2.05, 4.69) is 25.9 Å². The van der Waals surface area contributed by atoms with E-state index in [9.17, 15) is 10.1 Å². The number of hydrogen-bond acceptors (Lipinski definition) is 6. The molecule has 1 aromatic heterocycles. The topological polar surface area (TPSA) is 104 Å². The lowest BCUT2D eigenvalue weighted by atomic mass is 10.2. The number of benzene rings is 1. The lowest BCUT2D eigenvalue weighted by Gasteiger charge is -2.07. The van der Waals surface area contributed by atoms with Gasteiger partial charge in [-0.25, -0.2) is 4.98 Å². The molecule has 1 heterocycles. The van der Waals surface area contributed by atoms with Gasteiger partial charge in [0.1, 0.15) is 11.9 Å². The van der Waals surface area contributed by atoms with Crippen molar-refractivity contribution in [3.63, 3.8) is 0 Å². The van der Waals surface area contributed by atoms with Gasteiger partial charge in [-0.3, -0.25) is 10.1 Å². The van der Waals surface area contributed by atoms with Crippen molar-refractivity contribution in [1.29, 1.82) is 0 Å². The highest BCUT2D eigenvalue weighted by Crippen LogP contribution is 2.30. The summed E-state index contributed by atoms with van der Waals surface area (Å²) in [4.78, 5) is 17.5. The molecular weight excluding hydrogens is 316 g/mol. The van der Waals surface area contributed by atoms with Crippen LogP contribution in [0.3, 0.4) is 0 Å². The fraction of sp³-hybridized carbons (Fsp3) is 0.0909. The summed E-state index contributed by atoms with van der Waals surface area (Å²) in [6, 6.07) is 5.17. The second-order valence-corrected chi connectivity index (χ2v) is 4.54. The zero-order valence-corrected chi connectivity index (χ0v) is 11.4. The van der Waals surface area contributed by atoms with Crippen molar-refractivity contribution in [2.75, 3.05) is 5.73 Å². The molecule has 0 atom stereocenters. The van der Waals surface area contributed by atoms with Crippen molar-refractivity contribution in [3.05, 3.63) is 44.5 Å². The van der Waals surface area contributed by atoms with E-state index >= 15 is 0 Å². The van der Waals surface area contributed by atoms with Crippen molar-refractivity contribution >= 4 is 27.6 Å². The zero-order valence-electron chi connectivity index (χ0n) is 9.83. The van der Waals surface area contributed by atoms with E-state index < -0.39 is 4.92 Å². The number of ether oxygens (including phenoxy) is 1. The molecule has 0 aliphatic carbocycles. The number of nitro groups is 1. The third kappa shape index (κ3) is 2.97. The molecule has 2 N–H and O–H groups in total. The number of aromatic nitrogens is 2. The molecule has 0 unspecified atom stereocenters. The van der Waals surface area contributed by atoms with Crippen LogP contribution in [0.4, 0.5) is 11.6 Å². The SMILES string of the molecule is Cc1cc(Oc2nc(N)ncc2[N+](=O)[O-])ccc1Br. The van der Waals surface area contributed by atoms with Crippen LogP contribution in [-0.4, -0.2) is 14.9 Å². The van der Waals surface area contributed by atoms with Crippen molar-refractivity contribution < 1.29 is 9.66 Å². The Bertz CT molecular complexity index is 648. The number of aryl methyl sites for hydroxylation is 1. The van der Waals surface area contributed by atoms with E-state index in [4.69, 9.17) is 10.5 Å². The first kappa shape index (κ1) is 13.2. The normalized spacial score (nSPS) is 10.2. The lowest BCUT2D eigenvalue weighted by Crippen LogP contribution is -2.01. The van der Waals surface area contributed by atoms with Gasteiger partial charge < -0.3 is 10.5 Å². The maximum absolute atomic E-state index is 10.8. The Kier molecular flexibility index (Phi) is 3.61. The van der Waals surface area contributed by atoms with Gasteiger partial charge in [-0.05, 0) is 30.7 Å². The molecule has 19 heavy (non-hydrogen) atoms. The highest BCUT2D eigenvalue weighted by Gasteiger charge is 2.19. The number of nitrogens with zero attached hydrogens (tertiary/aromatic N) is 3. The van der Waals surface area contributed by atoms with Crippen LogP contribution in [0.15, 0.2) is 28.9 Å². The molecule has 2 rings (SSSR count). The van der Waals surface area contributed by atoms with Crippen LogP contribution in [0, 0.1) is 17.0 Å². The number of nitrogen functional groups attached to an aromatic ring is 1. The average Bonchev–Trinajstić information content (AvgIpc) is 2.33. The molecule has 0 bridgehead atoms. The van der Waals surface area contributed by atoms with Crippen LogP contribution < -0.4 is 10.5 Å². The van der Waals surface area contributed by atoms with E-state index in [0.717, 1.165) is 16.2 Å². The molecule has 98 valence electrons. The summed E-state index contributed by atoms with van der Waals surface area (Å²) in [5.74, 6) is 0.163. The second kappa shape index (κ2) is 5.19. The maximum atomic E-state index is 10.8. The number of rotatable bonds is 3. The summed E-state index contributed by atoms with van der Waals surface area (Å²) in [5, 5.41) is 10.8. The standard InChI is InChI=1S/C11H9BrN4O3/c1-6-4-7(2-3-8(6)12)19-10-9(16(17)18)5-14-11(13)15-10/h2-5H,1H3,(H2,13,14,15). The minimum atomic E-state index is -0.625. The number of anilines is 1. The Morgan fingerprint density at radius 2 is 2.21 bits per heavy atom. The van der Waals surface area contributed by atoms with Gasteiger partial charge in [0.15, 0.2) is 0 Å². The number of halogens is 1. The van der Waals surface area contributed by atoms with Crippen molar-refractivity contribution in [2.45, 2.75) is 6.92 Å². The molecule has 1 aromatic carbocycles. The quantitative estimate of drug-likeness (QED) is 0.687. The smallest absolute Gasteiger partial charge is 0.349 e. The van der Waals surface area contributed by atoms with Gasteiger partial charge in [-0.1, -0.05) is 15.9 Å². The third-order valence-corrected chi connectivity index (χ3v) is 3.18. The fourth-order valence-electron chi connectivity index (χ4n) is 1.37. The Labute approximate surface area is 116 Å². The maximum Gasteiger partial charge on any atom is 0.349 e. The van der Waals surface area contributed by atoms with Gasteiger partial charge >= 0.3 is 11.6 Å². The molecule has 0 saturated carbocycles. The predicted octanol–water partition coefficient (Wildman–Crippen LogP) is 2.83. The molecule has 0 aliphatic rings. The third-order valence-electron chi connectivity index (χ3n) is 2.29. The van der Waals surface area contributed by atoms with Crippen LogP contribution in [0.2, 0.25) is 0 Å². The van der Waals surface area contributed by atoms with Crippen LogP contribution in [0.5, 0.6) is 11.6 Å². The first-order valence-electron chi connectivity index (χ1n) is 5.18. The molecule has 2 aromatic rings. The minimum Gasteiger partial charge on any atom is -0.434 e. The first-order chi connectivity index (χ1) is 8.97. The molecule has 0 fully saturated rings. The molecule has 7 nitrogen and oxygen atoms in total. The van der Waals surface area contributed by atoms with Crippen LogP contribution in [-0.2, 0) is 0 Å². The summed E-state index contributed by atoms with van der Waals surface area (Å²) in [6.45, 7) is 1.87. The average molecular weight is 325 g/mol. The zero-order chi connectivity index (χ0) is 14.0. The Morgan fingerprint density at radius 3 is 2.84 bits per heavy atom. The molecule has 0 aliphatic heterocycles. The monoisotopic (exact) mass is 324 g/mol. The summed E-state index contributed by atoms with van der Waals surface area (Å²) >= 11 is 3.35. The molecule has 8 heteroatoms. The van der Waals surface area contributed by atoms with Crippen LogP contribution in [0.1, 0.15) is 5.56 Å². The van der Waals surface area contributed by atoms with Crippen LogP contribution >= 0.6 is 15.9 Å². The van der Waals surface area contributed by atoms with Gasteiger partial charge in [0.2, 0.25) is 5.95 Å². The second-order valence-electron chi connectivity index (χ2n) is 3.69. The van der Waals surface area contributed by atoms with E-state index in [1.807, 2.05) is 6.92 Å². The van der Waals surface area contributed by atoms with E-state index in [0.29, 0.717) is 5.75 Å². The Hall–Kier alpha value is -2.22. The minimum absolute atomic E-state index is 0.0885. The highest BCUT2D eigenvalue weighted by molar-refractivity contribution is 9.10. The summed E-state index contributed by atoms with van der Waals surface area (Å²) in [7, 11) is 0. The van der Waals surface area contributed by atoms with Crippen molar-refractivity contribution in [1.82, 2.24) is 9.97 Å². The molecule has 0 radical (unpaired) electrons. The molecule has 0 saturated heterocycles. The Balaban J connectivity index is 2.39. The Morgan fingerprint density at radius 1 is 1.47 bits per heavy atom. The largest absolute Gasteiger partial charge is 0.434 e. The fourth-order valence-corrected chi connectivity index (χ4v) is 1.61. The van der Waals surface area contributed by atoms with Gasteiger partial charge in [-0.15, -0.1) is 0 Å². The van der Waals surface area contributed by atoms with Gasteiger partial charge in [0.05, 0.1) is 4.92 Å². The summed E-state index contributed by atoms with van der Waals surface area (Å²) in [6.07, 6.45) is 1.02. The van der Waals surface area contributed by atoms with Gasteiger partial charge in [0, 0.05) is 4.47 Å². The van der Waals surface area contributed by atoms with Crippen LogP contribution in [0.25, 0.3) is 0 Å². The van der Waals surface area contributed by atoms with Gasteiger partial charge in [0.25, 0.3) is 0 Å². The first-order valence-corrected chi connectivity index (χ1v) is 5.97. The summed E-state index contributed by atoms with van der Waals surface area (Å²) in [5.41, 5.74) is 6.00. The number of nitrogens with two attached hydrogens (primary N) is 1. The van der Waals surface area contributed by atoms with E-state index in [1.54, 1.807) is 18.2 Å².